The van der Waals surface area contributed by atoms with Crippen molar-refractivity contribution in [3.63, 3.8) is 0 Å². The minimum Gasteiger partial charge on any atom is -0.481 e. The minimum atomic E-state index is -0.536. The summed E-state index contributed by atoms with van der Waals surface area (Å²) in [5.41, 5.74) is 4.18. The Bertz CT molecular complexity index is 1280. The van der Waals surface area contributed by atoms with E-state index < -0.39 is 6.09 Å². The Kier molecular flexibility index (Phi) is 5.71. The zero-order valence-electron chi connectivity index (χ0n) is 17.8. The molecule has 0 saturated carbocycles. The molecule has 1 aromatic carbocycles. The number of nitrogens with zero attached hydrogens (tertiary/aromatic N) is 4. The molecule has 9 heteroatoms. The molecule has 0 unspecified atom stereocenters. The number of fused-ring (bicyclic) bond motifs is 1. The first-order valence-electron chi connectivity index (χ1n) is 9.71. The van der Waals surface area contributed by atoms with E-state index in [-0.39, 0.29) is 5.91 Å². The normalized spacial score (nSPS) is 10.6. The second-order valence-corrected chi connectivity index (χ2v) is 6.90. The molecular weight excluding hydrogens is 410 g/mol. The molecule has 3 aromatic heterocycles. The number of aromatic nitrogens is 3. The van der Waals surface area contributed by atoms with Crippen molar-refractivity contribution in [3.05, 3.63) is 72.7 Å². The van der Waals surface area contributed by atoms with Crippen LogP contribution in [0.25, 0.3) is 16.9 Å². The lowest BCUT2D eigenvalue weighted by atomic mass is 10.1. The monoisotopic (exact) mass is 431 g/mol. The first-order valence-corrected chi connectivity index (χ1v) is 9.71. The maximum atomic E-state index is 13.1. The van der Waals surface area contributed by atoms with Crippen LogP contribution in [0.4, 0.5) is 16.2 Å². The molecule has 0 aliphatic heterocycles. The Balaban J connectivity index is 1.64. The smallest absolute Gasteiger partial charge is 0.411 e. The number of methoxy groups -OCH3 is 2. The van der Waals surface area contributed by atoms with Gasteiger partial charge in [-0.1, -0.05) is 12.1 Å². The summed E-state index contributed by atoms with van der Waals surface area (Å²) < 4.78 is 11.6. The van der Waals surface area contributed by atoms with Crippen LogP contribution in [0.1, 0.15) is 10.4 Å². The van der Waals surface area contributed by atoms with Crippen LogP contribution in [0.2, 0.25) is 0 Å². The molecule has 9 nitrogen and oxygen atoms in total. The average Bonchev–Trinajstić information content (AvgIpc) is 3.26. The molecule has 32 heavy (non-hydrogen) atoms. The summed E-state index contributed by atoms with van der Waals surface area (Å²) in [6.45, 7) is 0. The highest BCUT2D eigenvalue weighted by Crippen LogP contribution is 2.24. The van der Waals surface area contributed by atoms with E-state index in [4.69, 9.17) is 4.74 Å². The summed E-state index contributed by atoms with van der Waals surface area (Å²) in [5, 5.41) is 2.61. The lowest BCUT2D eigenvalue weighted by Gasteiger charge is -2.18. The number of hydrogen-bond donors (Lipinski definition) is 1. The van der Waals surface area contributed by atoms with Crippen LogP contribution in [-0.2, 0) is 4.74 Å². The maximum Gasteiger partial charge on any atom is 0.411 e. The molecule has 3 heterocycles. The molecule has 0 saturated heterocycles. The Labute approximate surface area is 184 Å². The number of benzene rings is 1. The fraction of sp³-hybridized carbons (Fsp3) is 0.130. The van der Waals surface area contributed by atoms with Crippen LogP contribution >= 0.6 is 0 Å². The van der Waals surface area contributed by atoms with Gasteiger partial charge in [0, 0.05) is 36.8 Å². The van der Waals surface area contributed by atoms with Gasteiger partial charge < -0.3 is 14.4 Å². The minimum absolute atomic E-state index is 0.183. The van der Waals surface area contributed by atoms with Gasteiger partial charge in [0.25, 0.3) is 5.91 Å². The largest absolute Gasteiger partial charge is 0.481 e. The van der Waals surface area contributed by atoms with E-state index in [1.54, 1.807) is 62.0 Å². The second kappa shape index (κ2) is 8.76. The number of hydrogen-bond acceptors (Lipinski definition) is 6. The maximum absolute atomic E-state index is 13.1. The summed E-state index contributed by atoms with van der Waals surface area (Å²) in [6.07, 6.45) is 4.55. The Morgan fingerprint density at radius 1 is 1.03 bits per heavy atom. The summed E-state index contributed by atoms with van der Waals surface area (Å²) in [6, 6.07) is 14.2. The van der Waals surface area contributed by atoms with Crippen molar-refractivity contribution in [2.45, 2.75) is 0 Å². The highest BCUT2D eigenvalue weighted by Gasteiger charge is 2.16. The van der Waals surface area contributed by atoms with E-state index in [0.29, 0.717) is 28.5 Å². The van der Waals surface area contributed by atoms with E-state index in [1.807, 2.05) is 16.5 Å². The number of nitrogens with one attached hydrogen (secondary N) is 1. The molecule has 162 valence electrons. The highest BCUT2D eigenvalue weighted by molar-refractivity contribution is 6.05. The predicted octanol–water partition coefficient (Wildman–Crippen LogP) is 3.86. The Morgan fingerprint density at radius 2 is 1.81 bits per heavy atom. The molecule has 4 rings (SSSR count). The third-order valence-electron chi connectivity index (χ3n) is 4.98. The van der Waals surface area contributed by atoms with Crippen LogP contribution in [0, 0.1) is 0 Å². The molecule has 0 radical (unpaired) electrons. The summed E-state index contributed by atoms with van der Waals surface area (Å²) >= 11 is 0. The van der Waals surface area contributed by atoms with Gasteiger partial charge in [0.05, 0.1) is 37.4 Å². The van der Waals surface area contributed by atoms with Crippen LogP contribution < -0.4 is 15.0 Å². The van der Waals surface area contributed by atoms with Crippen LogP contribution in [0.15, 0.2) is 67.1 Å². The van der Waals surface area contributed by atoms with Gasteiger partial charge in [-0.05, 0) is 30.3 Å². The van der Waals surface area contributed by atoms with Crippen molar-refractivity contribution in [2.24, 2.45) is 0 Å². The number of ether oxygens (including phenoxy) is 2. The van der Waals surface area contributed by atoms with Gasteiger partial charge in [-0.25, -0.2) is 14.8 Å². The third-order valence-corrected chi connectivity index (χ3v) is 4.98. The van der Waals surface area contributed by atoms with E-state index >= 15 is 0 Å². The van der Waals surface area contributed by atoms with Crippen LogP contribution in [0.3, 0.4) is 0 Å². The van der Waals surface area contributed by atoms with Gasteiger partial charge in [0.1, 0.15) is 5.65 Å². The predicted molar refractivity (Wildman–Crippen MR) is 120 cm³/mol. The lowest BCUT2D eigenvalue weighted by Crippen LogP contribution is -2.26. The first kappa shape index (κ1) is 20.9. The number of pyridine rings is 2. The van der Waals surface area contributed by atoms with Crippen molar-refractivity contribution in [2.75, 3.05) is 31.5 Å². The van der Waals surface area contributed by atoms with Crippen molar-refractivity contribution >= 4 is 29.0 Å². The summed E-state index contributed by atoms with van der Waals surface area (Å²) in [5.74, 6) is 0.247. The molecular formula is C23H21N5O4. The molecule has 0 aliphatic carbocycles. The van der Waals surface area contributed by atoms with Gasteiger partial charge in [0.2, 0.25) is 5.88 Å². The molecule has 1 N–H and O–H groups in total. The summed E-state index contributed by atoms with van der Waals surface area (Å²) in [4.78, 5) is 34.5. The average molecular weight is 431 g/mol. The van der Waals surface area contributed by atoms with Gasteiger partial charge in [-0.2, -0.15) is 0 Å². The zero-order chi connectivity index (χ0) is 22.7. The van der Waals surface area contributed by atoms with Crippen LogP contribution in [-0.4, -0.2) is 47.6 Å². The molecule has 0 spiro atoms. The van der Waals surface area contributed by atoms with Gasteiger partial charge in [-0.15, -0.1) is 0 Å². The standard InChI is InChI=1S/C23H21N5O4/c1-27(18-10-11-24-21(12-18)31-2)22(29)16-6-9-20-25-13-19(28(20)14-16)15-4-7-17(8-5-15)26-23(30)32-3/h4-14H,1-3H3,(H,26,30). The van der Waals surface area contributed by atoms with E-state index in [0.717, 1.165) is 11.3 Å². The van der Waals surface area contributed by atoms with Gasteiger partial charge in [-0.3, -0.25) is 14.5 Å². The third kappa shape index (κ3) is 4.08. The molecule has 0 bridgehead atoms. The number of imidazole rings is 1. The fourth-order valence-electron chi connectivity index (χ4n) is 3.24. The molecule has 4 aromatic rings. The topological polar surface area (TPSA) is 98.1 Å². The fourth-order valence-corrected chi connectivity index (χ4v) is 3.24. The SMILES string of the molecule is COC(=O)Nc1ccc(-c2cnc3ccc(C(=O)N(C)c4ccnc(OC)c4)cn23)cc1. The van der Waals surface area contributed by atoms with Crippen molar-refractivity contribution < 1.29 is 19.1 Å². The molecule has 2 amide bonds. The Morgan fingerprint density at radius 3 is 2.53 bits per heavy atom. The number of carbonyl (C=O) groups excluding carboxylic acids is 2. The first-order chi connectivity index (χ1) is 15.5. The van der Waals surface area contributed by atoms with E-state index in [1.165, 1.54) is 19.1 Å². The molecule has 0 aliphatic rings. The second-order valence-electron chi connectivity index (χ2n) is 6.90. The Hall–Kier alpha value is -4.40. The van der Waals surface area contributed by atoms with Crippen molar-refractivity contribution in [1.29, 1.82) is 0 Å². The van der Waals surface area contributed by atoms with Gasteiger partial charge in [0.15, 0.2) is 0 Å². The quantitative estimate of drug-likeness (QED) is 0.515. The van der Waals surface area contributed by atoms with E-state index in [2.05, 4.69) is 20.0 Å². The molecule has 0 atom stereocenters. The van der Waals surface area contributed by atoms with Crippen LogP contribution in [0.5, 0.6) is 5.88 Å². The van der Waals surface area contributed by atoms with Gasteiger partial charge >= 0.3 is 6.09 Å². The number of carbonyl (C=O) groups is 2. The number of anilines is 2. The van der Waals surface area contributed by atoms with E-state index in [9.17, 15) is 9.59 Å². The zero-order valence-corrected chi connectivity index (χ0v) is 17.8. The highest BCUT2D eigenvalue weighted by atomic mass is 16.5. The number of rotatable bonds is 5. The van der Waals surface area contributed by atoms with Crippen molar-refractivity contribution in [3.8, 4) is 17.1 Å². The summed E-state index contributed by atoms with van der Waals surface area (Å²) in [7, 11) is 4.53. The lowest BCUT2D eigenvalue weighted by molar-refractivity contribution is 0.0992. The number of amides is 2. The molecule has 0 fully saturated rings. The van der Waals surface area contributed by atoms with Crippen molar-refractivity contribution in [1.82, 2.24) is 14.4 Å².